The molecule has 0 aliphatic rings. The van der Waals surface area contributed by atoms with E-state index in [9.17, 15) is 9.59 Å². The van der Waals surface area contributed by atoms with Crippen molar-refractivity contribution in [3.05, 3.63) is 93.3 Å². The van der Waals surface area contributed by atoms with E-state index in [2.05, 4.69) is 4.98 Å². The number of aryl methyl sites for hydroxylation is 3. The summed E-state index contributed by atoms with van der Waals surface area (Å²) in [7, 11) is 3.20. The minimum absolute atomic E-state index is 0.0545. The Labute approximate surface area is 169 Å². The molecule has 0 atom stereocenters. The van der Waals surface area contributed by atoms with E-state index < -0.39 is 11.5 Å². The van der Waals surface area contributed by atoms with Crippen LogP contribution in [0.4, 0.5) is 0 Å². The molecular formula is C23H24N2O4. The van der Waals surface area contributed by atoms with Gasteiger partial charge in [-0.2, -0.15) is 0 Å². The monoisotopic (exact) mass is 392 g/mol. The first-order valence-corrected chi connectivity index (χ1v) is 9.40. The van der Waals surface area contributed by atoms with Crippen LogP contribution in [0, 0.1) is 6.92 Å². The van der Waals surface area contributed by atoms with Gasteiger partial charge in [0.05, 0.1) is 19.3 Å². The number of benzene rings is 1. The third-order valence-electron chi connectivity index (χ3n) is 4.69. The van der Waals surface area contributed by atoms with Crippen molar-refractivity contribution in [2.45, 2.75) is 26.3 Å². The SMILES string of the molecule is COc1ccnc(CN(C)C(=O)c2c(C)cc(CCc3ccccc3)oc2=O)c1. The van der Waals surface area contributed by atoms with Gasteiger partial charge in [0.1, 0.15) is 17.1 Å². The fraction of sp³-hybridized carbons (Fsp3) is 0.261. The Kier molecular flexibility index (Phi) is 6.44. The largest absolute Gasteiger partial charge is 0.497 e. The van der Waals surface area contributed by atoms with Crippen LogP contribution in [-0.2, 0) is 19.4 Å². The van der Waals surface area contributed by atoms with Crippen LogP contribution in [0.3, 0.4) is 0 Å². The van der Waals surface area contributed by atoms with Gasteiger partial charge in [0.2, 0.25) is 0 Å². The molecule has 0 aliphatic carbocycles. The molecule has 0 saturated carbocycles. The molecule has 29 heavy (non-hydrogen) atoms. The summed E-state index contributed by atoms with van der Waals surface area (Å²) in [6.07, 6.45) is 2.98. The van der Waals surface area contributed by atoms with Crippen LogP contribution in [0.1, 0.15) is 32.9 Å². The molecule has 6 nitrogen and oxygen atoms in total. The summed E-state index contributed by atoms with van der Waals surface area (Å²) < 4.78 is 10.6. The number of rotatable bonds is 7. The molecule has 0 spiro atoms. The maximum absolute atomic E-state index is 12.8. The van der Waals surface area contributed by atoms with Gasteiger partial charge < -0.3 is 14.1 Å². The summed E-state index contributed by atoms with van der Waals surface area (Å²) in [5, 5.41) is 0. The minimum Gasteiger partial charge on any atom is -0.497 e. The average molecular weight is 392 g/mol. The number of hydrogen-bond donors (Lipinski definition) is 0. The van der Waals surface area contributed by atoms with E-state index in [-0.39, 0.29) is 12.1 Å². The van der Waals surface area contributed by atoms with Crippen molar-refractivity contribution in [3.8, 4) is 5.75 Å². The average Bonchev–Trinajstić information content (AvgIpc) is 2.72. The minimum atomic E-state index is -0.608. The first-order valence-electron chi connectivity index (χ1n) is 9.40. The highest BCUT2D eigenvalue weighted by atomic mass is 16.5. The molecule has 6 heteroatoms. The maximum Gasteiger partial charge on any atom is 0.349 e. The van der Waals surface area contributed by atoms with Crippen LogP contribution in [0.2, 0.25) is 0 Å². The number of hydrogen-bond acceptors (Lipinski definition) is 5. The van der Waals surface area contributed by atoms with Gasteiger partial charge in [-0.05, 0) is 36.6 Å². The molecular weight excluding hydrogens is 368 g/mol. The van der Waals surface area contributed by atoms with Gasteiger partial charge in [-0.3, -0.25) is 9.78 Å². The van der Waals surface area contributed by atoms with Crippen molar-refractivity contribution in [3.63, 3.8) is 0 Å². The molecule has 0 bridgehead atoms. The van der Waals surface area contributed by atoms with Crippen molar-refractivity contribution >= 4 is 5.91 Å². The third kappa shape index (κ3) is 5.10. The molecule has 0 radical (unpaired) electrons. The van der Waals surface area contributed by atoms with E-state index >= 15 is 0 Å². The van der Waals surface area contributed by atoms with Crippen LogP contribution < -0.4 is 10.4 Å². The van der Waals surface area contributed by atoms with Crippen molar-refractivity contribution in [1.82, 2.24) is 9.88 Å². The standard InChI is InChI=1S/C23H24N2O4/c1-16-13-20(10-9-17-7-5-4-6-8-17)29-23(27)21(16)22(26)25(2)15-18-14-19(28-3)11-12-24-18/h4-8,11-14H,9-10,15H2,1-3H3. The van der Waals surface area contributed by atoms with Gasteiger partial charge in [0.15, 0.2) is 0 Å². The Balaban J connectivity index is 1.73. The smallest absolute Gasteiger partial charge is 0.349 e. The Morgan fingerprint density at radius 1 is 1.14 bits per heavy atom. The van der Waals surface area contributed by atoms with E-state index in [1.807, 2.05) is 30.3 Å². The zero-order valence-corrected chi connectivity index (χ0v) is 16.8. The summed E-state index contributed by atoms with van der Waals surface area (Å²) in [4.78, 5) is 31.1. The van der Waals surface area contributed by atoms with E-state index in [1.165, 1.54) is 10.5 Å². The van der Waals surface area contributed by atoms with Gasteiger partial charge in [0, 0.05) is 25.7 Å². The zero-order valence-electron chi connectivity index (χ0n) is 16.8. The number of ether oxygens (including phenoxy) is 1. The first kappa shape index (κ1) is 20.3. The molecule has 0 aliphatic heterocycles. The molecule has 2 heterocycles. The second-order valence-electron chi connectivity index (χ2n) is 6.89. The van der Waals surface area contributed by atoms with Crippen LogP contribution in [0.15, 0.2) is 63.9 Å². The second kappa shape index (κ2) is 9.19. The van der Waals surface area contributed by atoms with E-state index in [1.54, 1.807) is 45.5 Å². The molecule has 2 aromatic heterocycles. The van der Waals surface area contributed by atoms with Crippen LogP contribution >= 0.6 is 0 Å². The van der Waals surface area contributed by atoms with Crippen LogP contribution in [0.5, 0.6) is 5.75 Å². The highest BCUT2D eigenvalue weighted by Crippen LogP contribution is 2.15. The van der Waals surface area contributed by atoms with Gasteiger partial charge in [-0.1, -0.05) is 30.3 Å². The van der Waals surface area contributed by atoms with E-state index in [4.69, 9.17) is 9.15 Å². The zero-order chi connectivity index (χ0) is 20.8. The first-order chi connectivity index (χ1) is 14.0. The molecule has 0 N–H and O–H groups in total. The van der Waals surface area contributed by atoms with Gasteiger partial charge in [0.25, 0.3) is 5.91 Å². The fourth-order valence-electron chi connectivity index (χ4n) is 3.14. The Hall–Kier alpha value is -3.41. The van der Waals surface area contributed by atoms with E-state index in [0.717, 1.165) is 6.42 Å². The quantitative estimate of drug-likeness (QED) is 0.616. The van der Waals surface area contributed by atoms with Crippen LogP contribution in [0.25, 0.3) is 0 Å². The molecule has 0 saturated heterocycles. The summed E-state index contributed by atoms with van der Waals surface area (Å²) >= 11 is 0. The van der Waals surface area contributed by atoms with Crippen LogP contribution in [-0.4, -0.2) is 29.9 Å². The van der Waals surface area contributed by atoms with Crippen molar-refractivity contribution in [1.29, 1.82) is 0 Å². The van der Waals surface area contributed by atoms with Gasteiger partial charge in [-0.15, -0.1) is 0 Å². The number of amides is 1. The molecule has 0 fully saturated rings. The topological polar surface area (TPSA) is 72.6 Å². The third-order valence-corrected chi connectivity index (χ3v) is 4.69. The lowest BCUT2D eigenvalue weighted by molar-refractivity contribution is 0.0777. The molecule has 3 rings (SSSR count). The second-order valence-corrected chi connectivity index (χ2v) is 6.89. The Bertz CT molecular complexity index is 1040. The molecule has 3 aromatic rings. The molecule has 0 unspecified atom stereocenters. The number of pyridine rings is 1. The predicted molar refractivity (Wildman–Crippen MR) is 110 cm³/mol. The molecule has 1 amide bonds. The highest BCUT2D eigenvalue weighted by Gasteiger charge is 2.21. The fourth-order valence-corrected chi connectivity index (χ4v) is 3.14. The summed E-state index contributed by atoms with van der Waals surface area (Å²) in [6, 6.07) is 15.2. The number of aromatic nitrogens is 1. The van der Waals surface area contributed by atoms with E-state index in [0.29, 0.717) is 29.2 Å². The number of methoxy groups -OCH3 is 1. The Morgan fingerprint density at radius 2 is 1.90 bits per heavy atom. The summed E-state index contributed by atoms with van der Waals surface area (Å²) in [5.74, 6) is 0.842. The lowest BCUT2D eigenvalue weighted by Gasteiger charge is -2.17. The Morgan fingerprint density at radius 3 is 2.59 bits per heavy atom. The molecule has 1 aromatic carbocycles. The van der Waals surface area contributed by atoms with Crippen molar-refractivity contribution in [2.75, 3.05) is 14.2 Å². The normalized spacial score (nSPS) is 10.6. The summed E-state index contributed by atoms with van der Waals surface area (Å²) in [5.41, 5.74) is 1.89. The van der Waals surface area contributed by atoms with Gasteiger partial charge >= 0.3 is 5.63 Å². The highest BCUT2D eigenvalue weighted by molar-refractivity contribution is 5.94. The van der Waals surface area contributed by atoms with Crippen molar-refractivity contribution in [2.24, 2.45) is 0 Å². The van der Waals surface area contributed by atoms with Gasteiger partial charge in [-0.25, -0.2) is 4.79 Å². The summed E-state index contributed by atoms with van der Waals surface area (Å²) in [6.45, 7) is 2.01. The number of carbonyl (C=O) groups is 1. The predicted octanol–water partition coefficient (Wildman–Crippen LogP) is 3.41. The van der Waals surface area contributed by atoms with Crippen molar-refractivity contribution < 1.29 is 13.9 Å². The lowest BCUT2D eigenvalue weighted by Crippen LogP contribution is -2.31. The number of carbonyl (C=O) groups excluding carboxylic acids is 1. The lowest BCUT2D eigenvalue weighted by atomic mass is 10.1. The number of nitrogens with zero attached hydrogens (tertiary/aromatic N) is 2. The maximum atomic E-state index is 12.8. The molecule has 150 valence electrons.